The summed E-state index contributed by atoms with van der Waals surface area (Å²) in [6.45, 7) is -0.160. The van der Waals surface area contributed by atoms with E-state index in [2.05, 4.69) is 25.6 Å². The van der Waals surface area contributed by atoms with Crippen molar-refractivity contribution in [2.75, 3.05) is 28.2 Å². The minimum Gasteiger partial charge on any atom is -0.365 e. The van der Waals surface area contributed by atoms with Gasteiger partial charge in [0.2, 0.25) is 16.0 Å². The van der Waals surface area contributed by atoms with E-state index in [0.29, 0.717) is 23.3 Å². The standard InChI is InChI=1S/C20H20ClF3N6O2S/c1-30(33(2,31)32)18-14(4-3-9-25-18)11-26-17-16(20(22,23)24)12-27-19(29-17)28-15-7-5-13(10-21)6-8-15/h3-9,12H,10-11H2,1-2H3,(H2,26,27,28,29). The van der Waals surface area contributed by atoms with Crippen molar-refractivity contribution in [1.82, 2.24) is 15.0 Å². The fourth-order valence-corrected chi connectivity index (χ4v) is 3.44. The first kappa shape index (κ1) is 24.5. The highest BCUT2D eigenvalue weighted by Gasteiger charge is 2.35. The van der Waals surface area contributed by atoms with Crippen LogP contribution in [0.5, 0.6) is 0 Å². The van der Waals surface area contributed by atoms with Crippen molar-refractivity contribution in [3.63, 3.8) is 0 Å². The minimum absolute atomic E-state index is 0.0520. The van der Waals surface area contributed by atoms with Gasteiger partial charge in [0.05, 0.1) is 6.26 Å². The summed E-state index contributed by atoms with van der Waals surface area (Å²) >= 11 is 5.76. The molecule has 2 aromatic heterocycles. The monoisotopic (exact) mass is 500 g/mol. The predicted octanol–water partition coefficient (Wildman–Crippen LogP) is 4.38. The molecule has 0 bridgehead atoms. The quantitative estimate of drug-likeness (QED) is 0.443. The van der Waals surface area contributed by atoms with Crippen molar-refractivity contribution < 1.29 is 21.6 Å². The number of halogens is 4. The number of anilines is 4. The molecule has 0 radical (unpaired) electrons. The van der Waals surface area contributed by atoms with Crippen LogP contribution in [0.2, 0.25) is 0 Å². The van der Waals surface area contributed by atoms with Crippen molar-refractivity contribution in [2.45, 2.75) is 18.6 Å². The second-order valence-electron chi connectivity index (χ2n) is 6.98. The van der Waals surface area contributed by atoms with Crippen LogP contribution in [0.4, 0.5) is 36.4 Å². The van der Waals surface area contributed by atoms with Gasteiger partial charge in [-0.3, -0.25) is 4.31 Å². The van der Waals surface area contributed by atoms with Crippen LogP contribution in [-0.4, -0.2) is 36.7 Å². The number of aromatic nitrogens is 3. The van der Waals surface area contributed by atoms with Gasteiger partial charge in [-0.05, 0) is 23.8 Å². The molecular formula is C20H20ClF3N6O2S. The fraction of sp³-hybridized carbons (Fsp3) is 0.250. The second-order valence-corrected chi connectivity index (χ2v) is 9.26. The van der Waals surface area contributed by atoms with Crippen LogP contribution >= 0.6 is 11.6 Å². The highest BCUT2D eigenvalue weighted by Crippen LogP contribution is 2.34. The first-order chi connectivity index (χ1) is 15.5. The van der Waals surface area contributed by atoms with Gasteiger partial charge in [0.25, 0.3) is 0 Å². The number of alkyl halides is 4. The Labute approximate surface area is 193 Å². The zero-order chi connectivity index (χ0) is 24.2. The van der Waals surface area contributed by atoms with Gasteiger partial charge in [-0.2, -0.15) is 18.2 Å². The third-order valence-electron chi connectivity index (χ3n) is 4.57. The summed E-state index contributed by atoms with van der Waals surface area (Å²) < 4.78 is 65.3. The molecule has 0 atom stereocenters. The zero-order valence-corrected chi connectivity index (χ0v) is 19.1. The Balaban J connectivity index is 1.89. The van der Waals surface area contributed by atoms with E-state index in [0.717, 1.165) is 16.1 Å². The first-order valence-corrected chi connectivity index (χ1v) is 11.8. The third-order valence-corrected chi connectivity index (χ3v) is 6.04. The lowest BCUT2D eigenvalue weighted by atomic mass is 10.2. The zero-order valence-electron chi connectivity index (χ0n) is 17.6. The number of benzene rings is 1. The van der Waals surface area contributed by atoms with E-state index < -0.39 is 27.6 Å². The van der Waals surface area contributed by atoms with Crippen LogP contribution in [0, 0.1) is 0 Å². The summed E-state index contributed by atoms with van der Waals surface area (Å²) in [7, 11) is -2.31. The van der Waals surface area contributed by atoms with Gasteiger partial charge in [0, 0.05) is 43.1 Å². The molecule has 0 fully saturated rings. The molecule has 0 saturated heterocycles. The molecular weight excluding hydrogens is 481 g/mol. The van der Waals surface area contributed by atoms with Crippen molar-refractivity contribution in [1.29, 1.82) is 0 Å². The van der Waals surface area contributed by atoms with E-state index in [1.54, 1.807) is 36.4 Å². The molecule has 8 nitrogen and oxygen atoms in total. The normalized spacial score (nSPS) is 11.8. The maximum absolute atomic E-state index is 13.5. The smallest absolute Gasteiger partial charge is 0.365 e. The highest BCUT2D eigenvalue weighted by atomic mass is 35.5. The van der Waals surface area contributed by atoms with E-state index in [1.807, 2.05) is 0 Å². The van der Waals surface area contributed by atoms with Gasteiger partial charge in [0.15, 0.2) is 0 Å². The van der Waals surface area contributed by atoms with Crippen molar-refractivity contribution in [3.05, 3.63) is 65.5 Å². The Morgan fingerprint density at radius 2 is 1.82 bits per heavy atom. The Morgan fingerprint density at radius 3 is 2.42 bits per heavy atom. The summed E-state index contributed by atoms with van der Waals surface area (Å²) in [4.78, 5) is 11.8. The van der Waals surface area contributed by atoms with Gasteiger partial charge in [-0.1, -0.05) is 18.2 Å². The molecule has 0 amide bonds. The number of rotatable bonds is 8. The lowest BCUT2D eigenvalue weighted by molar-refractivity contribution is -0.137. The lowest BCUT2D eigenvalue weighted by Crippen LogP contribution is -2.27. The molecule has 2 N–H and O–H groups in total. The van der Waals surface area contributed by atoms with E-state index in [-0.39, 0.29) is 18.3 Å². The largest absolute Gasteiger partial charge is 0.421 e. The second kappa shape index (κ2) is 9.79. The van der Waals surface area contributed by atoms with Crippen molar-refractivity contribution in [3.8, 4) is 0 Å². The van der Waals surface area contributed by atoms with Crippen LogP contribution < -0.4 is 14.9 Å². The number of hydrogen-bond donors (Lipinski definition) is 2. The average Bonchev–Trinajstić information content (AvgIpc) is 2.76. The Morgan fingerprint density at radius 1 is 1.12 bits per heavy atom. The van der Waals surface area contributed by atoms with E-state index in [1.165, 1.54) is 13.2 Å². The molecule has 2 heterocycles. The molecule has 13 heteroatoms. The molecule has 3 rings (SSSR count). The number of nitrogens with zero attached hydrogens (tertiary/aromatic N) is 4. The maximum atomic E-state index is 13.5. The minimum atomic E-state index is -4.70. The van der Waals surface area contributed by atoms with Gasteiger partial charge in [0.1, 0.15) is 17.2 Å². The van der Waals surface area contributed by atoms with Crippen LogP contribution in [0.25, 0.3) is 0 Å². The number of hydrogen-bond acceptors (Lipinski definition) is 7. The molecule has 0 aliphatic rings. The molecule has 1 aromatic carbocycles. The van der Waals surface area contributed by atoms with Gasteiger partial charge < -0.3 is 10.6 Å². The average molecular weight is 501 g/mol. The number of pyridine rings is 1. The number of sulfonamides is 1. The van der Waals surface area contributed by atoms with Crippen LogP contribution in [-0.2, 0) is 28.6 Å². The topological polar surface area (TPSA) is 100 Å². The Kier molecular flexibility index (Phi) is 7.28. The third kappa shape index (κ3) is 6.23. The highest BCUT2D eigenvalue weighted by molar-refractivity contribution is 7.92. The summed E-state index contributed by atoms with van der Waals surface area (Å²) in [6, 6.07) is 10.0. The summed E-state index contributed by atoms with van der Waals surface area (Å²) in [6.07, 6.45) is -1.63. The van der Waals surface area contributed by atoms with E-state index in [4.69, 9.17) is 11.6 Å². The summed E-state index contributed by atoms with van der Waals surface area (Å²) in [5, 5.41) is 5.49. The van der Waals surface area contributed by atoms with Gasteiger partial charge >= 0.3 is 6.18 Å². The van der Waals surface area contributed by atoms with E-state index >= 15 is 0 Å². The molecule has 0 spiro atoms. The molecule has 0 unspecified atom stereocenters. The van der Waals surface area contributed by atoms with Crippen molar-refractivity contribution in [2.24, 2.45) is 0 Å². The first-order valence-electron chi connectivity index (χ1n) is 9.47. The van der Waals surface area contributed by atoms with Crippen molar-refractivity contribution >= 4 is 44.9 Å². The summed E-state index contributed by atoms with van der Waals surface area (Å²) in [5.41, 5.74) is 0.749. The van der Waals surface area contributed by atoms with Crippen LogP contribution in [0.3, 0.4) is 0 Å². The van der Waals surface area contributed by atoms with E-state index in [9.17, 15) is 21.6 Å². The van der Waals surface area contributed by atoms with Crippen LogP contribution in [0.1, 0.15) is 16.7 Å². The molecule has 0 aliphatic heterocycles. The molecule has 33 heavy (non-hydrogen) atoms. The maximum Gasteiger partial charge on any atom is 0.421 e. The molecule has 3 aromatic rings. The van der Waals surface area contributed by atoms with Gasteiger partial charge in [-0.15, -0.1) is 11.6 Å². The molecule has 176 valence electrons. The molecule has 0 saturated carbocycles. The fourth-order valence-electron chi connectivity index (χ4n) is 2.78. The SMILES string of the molecule is CN(c1ncccc1CNc1nc(Nc2ccc(CCl)cc2)ncc1C(F)(F)F)S(C)(=O)=O. The number of nitrogens with one attached hydrogen (secondary N) is 2. The molecule has 0 aliphatic carbocycles. The van der Waals surface area contributed by atoms with Gasteiger partial charge in [-0.25, -0.2) is 18.4 Å². The Hall–Kier alpha value is -3.12. The lowest BCUT2D eigenvalue weighted by Gasteiger charge is -2.20. The van der Waals surface area contributed by atoms with Crippen LogP contribution in [0.15, 0.2) is 48.8 Å². The Bertz CT molecular complexity index is 1220. The predicted molar refractivity (Wildman–Crippen MR) is 121 cm³/mol. The summed E-state index contributed by atoms with van der Waals surface area (Å²) in [5.74, 6) is -0.0958.